The number of nitriles is 1. The van der Waals surface area contributed by atoms with Crippen LogP contribution in [0.15, 0.2) is 66.2 Å². The SMILES string of the molecule is CCOc1cc(/C=C(\C#N)C(=O)NCc2ccc(OC)cc2OC)ccc1OCc1ccc(Cl)cc1. The zero-order chi connectivity index (χ0) is 25.9. The Hall–Kier alpha value is -4.15. The first-order valence-electron chi connectivity index (χ1n) is 11.2. The van der Waals surface area contributed by atoms with Gasteiger partial charge in [0, 0.05) is 23.2 Å². The van der Waals surface area contributed by atoms with Crippen LogP contribution in [0.4, 0.5) is 0 Å². The van der Waals surface area contributed by atoms with Gasteiger partial charge in [0.2, 0.25) is 0 Å². The molecule has 36 heavy (non-hydrogen) atoms. The first kappa shape index (κ1) is 26.5. The predicted octanol–water partition coefficient (Wildman–Crippen LogP) is 5.56. The lowest BCUT2D eigenvalue weighted by Gasteiger charge is -2.13. The minimum atomic E-state index is -0.503. The second kappa shape index (κ2) is 13.1. The molecule has 0 aliphatic heterocycles. The zero-order valence-electron chi connectivity index (χ0n) is 20.3. The molecule has 1 amide bonds. The van der Waals surface area contributed by atoms with Crippen molar-refractivity contribution in [2.75, 3.05) is 20.8 Å². The molecule has 3 rings (SSSR count). The van der Waals surface area contributed by atoms with Crippen molar-refractivity contribution >= 4 is 23.6 Å². The number of hydrogen-bond donors (Lipinski definition) is 1. The van der Waals surface area contributed by atoms with Gasteiger partial charge in [-0.15, -0.1) is 0 Å². The summed E-state index contributed by atoms with van der Waals surface area (Å²) >= 11 is 5.94. The largest absolute Gasteiger partial charge is 0.497 e. The standard InChI is InChI=1S/C28H27ClN2O5/c1-4-35-27-14-20(7-12-25(27)36-18-19-5-9-23(29)10-6-19)13-22(16-30)28(32)31-17-21-8-11-24(33-2)15-26(21)34-3/h5-15H,4,17-18H2,1-3H3,(H,31,32)/b22-13+. The molecule has 0 unspecified atom stereocenters. The van der Waals surface area contributed by atoms with Gasteiger partial charge in [0.15, 0.2) is 11.5 Å². The second-order valence-corrected chi connectivity index (χ2v) is 8.02. The number of carbonyl (C=O) groups is 1. The Morgan fingerprint density at radius 3 is 2.42 bits per heavy atom. The van der Waals surface area contributed by atoms with Crippen molar-refractivity contribution < 1.29 is 23.7 Å². The molecule has 0 saturated heterocycles. The molecule has 3 aromatic carbocycles. The van der Waals surface area contributed by atoms with Crippen molar-refractivity contribution in [2.24, 2.45) is 0 Å². The van der Waals surface area contributed by atoms with Gasteiger partial charge in [0.25, 0.3) is 5.91 Å². The number of amides is 1. The summed E-state index contributed by atoms with van der Waals surface area (Å²) in [7, 11) is 3.11. The minimum Gasteiger partial charge on any atom is -0.497 e. The van der Waals surface area contributed by atoms with Gasteiger partial charge in [-0.3, -0.25) is 4.79 Å². The molecule has 0 bridgehead atoms. The Bertz CT molecular complexity index is 1270. The maximum Gasteiger partial charge on any atom is 0.262 e. The van der Waals surface area contributed by atoms with E-state index in [1.165, 1.54) is 6.08 Å². The van der Waals surface area contributed by atoms with Gasteiger partial charge in [-0.25, -0.2) is 0 Å². The Morgan fingerprint density at radius 1 is 0.972 bits per heavy atom. The Balaban J connectivity index is 1.72. The summed E-state index contributed by atoms with van der Waals surface area (Å²) in [4.78, 5) is 12.7. The van der Waals surface area contributed by atoms with Gasteiger partial charge in [0.1, 0.15) is 29.7 Å². The maximum absolute atomic E-state index is 12.7. The van der Waals surface area contributed by atoms with E-state index in [1.807, 2.05) is 25.1 Å². The van der Waals surface area contributed by atoms with Crippen LogP contribution in [0.1, 0.15) is 23.6 Å². The van der Waals surface area contributed by atoms with Crippen LogP contribution in [0.5, 0.6) is 23.0 Å². The van der Waals surface area contributed by atoms with Gasteiger partial charge in [-0.1, -0.05) is 29.8 Å². The van der Waals surface area contributed by atoms with Crippen LogP contribution in [0, 0.1) is 11.3 Å². The minimum absolute atomic E-state index is 0.0419. The highest BCUT2D eigenvalue weighted by Gasteiger charge is 2.13. The van der Waals surface area contributed by atoms with E-state index in [-0.39, 0.29) is 12.1 Å². The molecular weight excluding hydrogens is 480 g/mol. The summed E-state index contributed by atoms with van der Waals surface area (Å²) in [6.45, 7) is 2.83. The van der Waals surface area contributed by atoms with E-state index < -0.39 is 5.91 Å². The van der Waals surface area contributed by atoms with E-state index in [1.54, 1.807) is 62.8 Å². The van der Waals surface area contributed by atoms with Crippen LogP contribution in [0.25, 0.3) is 6.08 Å². The van der Waals surface area contributed by atoms with Gasteiger partial charge in [-0.2, -0.15) is 5.26 Å². The molecule has 186 valence electrons. The van der Waals surface area contributed by atoms with Gasteiger partial charge in [-0.05, 0) is 60.5 Å². The van der Waals surface area contributed by atoms with Crippen LogP contribution >= 0.6 is 11.6 Å². The van der Waals surface area contributed by atoms with Crippen molar-refractivity contribution in [3.63, 3.8) is 0 Å². The summed E-state index contributed by atoms with van der Waals surface area (Å²) < 4.78 is 22.2. The maximum atomic E-state index is 12.7. The van der Waals surface area contributed by atoms with Crippen molar-refractivity contribution in [1.29, 1.82) is 5.26 Å². The second-order valence-electron chi connectivity index (χ2n) is 7.58. The summed E-state index contributed by atoms with van der Waals surface area (Å²) in [5.41, 5.74) is 2.30. The lowest BCUT2D eigenvalue weighted by atomic mass is 10.1. The van der Waals surface area contributed by atoms with Crippen LogP contribution in [0.3, 0.4) is 0 Å². The average Bonchev–Trinajstić information content (AvgIpc) is 2.90. The number of carbonyl (C=O) groups excluding carboxylic acids is 1. The molecule has 0 radical (unpaired) electrons. The highest BCUT2D eigenvalue weighted by atomic mass is 35.5. The third kappa shape index (κ3) is 7.17. The van der Waals surface area contributed by atoms with Crippen molar-refractivity contribution in [3.8, 4) is 29.1 Å². The average molecular weight is 507 g/mol. The van der Waals surface area contributed by atoms with E-state index in [0.29, 0.717) is 46.8 Å². The first-order chi connectivity index (χ1) is 17.5. The molecule has 7 nitrogen and oxygen atoms in total. The topological polar surface area (TPSA) is 89.8 Å². The fourth-order valence-electron chi connectivity index (χ4n) is 3.33. The van der Waals surface area contributed by atoms with Crippen molar-refractivity contribution in [1.82, 2.24) is 5.32 Å². The number of ether oxygens (including phenoxy) is 4. The molecule has 0 atom stereocenters. The lowest BCUT2D eigenvalue weighted by molar-refractivity contribution is -0.117. The fraction of sp³-hybridized carbons (Fsp3) is 0.214. The number of methoxy groups -OCH3 is 2. The summed E-state index contributed by atoms with van der Waals surface area (Å²) in [5.74, 6) is 1.79. The zero-order valence-corrected chi connectivity index (χ0v) is 21.1. The summed E-state index contributed by atoms with van der Waals surface area (Å²) in [6, 6.07) is 19.9. The molecular formula is C28H27ClN2O5. The molecule has 0 heterocycles. The Morgan fingerprint density at radius 2 is 1.75 bits per heavy atom. The number of halogens is 1. The van der Waals surface area contributed by atoms with Crippen molar-refractivity contribution in [3.05, 3.63) is 87.9 Å². The highest BCUT2D eigenvalue weighted by molar-refractivity contribution is 6.30. The van der Waals surface area contributed by atoms with E-state index >= 15 is 0 Å². The highest BCUT2D eigenvalue weighted by Crippen LogP contribution is 2.30. The number of nitrogens with one attached hydrogen (secondary N) is 1. The normalized spacial score (nSPS) is 10.8. The van der Waals surface area contributed by atoms with E-state index in [4.69, 9.17) is 30.5 Å². The van der Waals surface area contributed by atoms with Crippen LogP contribution in [-0.2, 0) is 17.9 Å². The first-order valence-corrected chi connectivity index (χ1v) is 11.6. The third-order valence-corrected chi connectivity index (χ3v) is 5.44. The Kier molecular flexibility index (Phi) is 9.61. The van der Waals surface area contributed by atoms with Gasteiger partial charge < -0.3 is 24.3 Å². The number of benzene rings is 3. The van der Waals surface area contributed by atoms with Gasteiger partial charge >= 0.3 is 0 Å². The van der Waals surface area contributed by atoms with Crippen LogP contribution < -0.4 is 24.3 Å². The molecule has 1 N–H and O–H groups in total. The van der Waals surface area contributed by atoms with E-state index in [2.05, 4.69) is 5.32 Å². The molecule has 0 aliphatic rings. The quantitative estimate of drug-likeness (QED) is 0.270. The third-order valence-electron chi connectivity index (χ3n) is 5.18. The summed E-state index contributed by atoms with van der Waals surface area (Å²) in [6.07, 6.45) is 1.51. The van der Waals surface area contributed by atoms with Crippen LogP contribution in [0.2, 0.25) is 5.02 Å². The monoisotopic (exact) mass is 506 g/mol. The van der Waals surface area contributed by atoms with Gasteiger partial charge in [0.05, 0.1) is 20.8 Å². The fourth-order valence-corrected chi connectivity index (χ4v) is 3.45. The molecule has 0 aliphatic carbocycles. The van der Waals surface area contributed by atoms with E-state index in [0.717, 1.165) is 11.1 Å². The number of rotatable bonds is 11. The molecule has 8 heteroatoms. The van der Waals surface area contributed by atoms with Crippen LogP contribution in [-0.4, -0.2) is 26.7 Å². The summed E-state index contributed by atoms with van der Waals surface area (Å²) in [5, 5.41) is 13.0. The predicted molar refractivity (Wildman–Crippen MR) is 138 cm³/mol. The van der Waals surface area contributed by atoms with Crippen molar-refractivity contribution in [2.45, 2.75) is 20.1 Å². The molecule has 0 aromatic heterocycles. The molecule has 3 aromatic rings. The smallest absolute Gasteiger partial charge is 0.262 e. The molecule has 0 fully saturated rings. The number of nitrogens with zero attached hydrogens (tertiary/aromatic N) is 1. The van der Waals surface area contributed by atoms with E-state index in [9.17, 15) is 10.1 Å². The molecule has 0 saturated carbocycles. The Labute approximate surface area is 215 Å². The molecule has 0 spiro atoms. The lowest BCUT2D eigenvalue weighted by Crippen LogP contribution is -2.24. The number of hydrogen-bond acceptors (Lipinski definition) is 6.